The summed E-state index contributed by atoms with van der Waals surface area (Å²) in [5.41, 5.74) is -2.05. The van der Waals surface area contributed by atoms with Gasteiger partial charge in [-0.05, 0) is 117 Å². The number of carbonyl (C=O) groups excluding carboxylic acids is 1. The quantitative estimate of drug-likeness (QED) is 0.0817. The normalized spacial score (nSPS) is 50.4. The van der Waals surface area contributed by atoms with E-state index in [4.69, 9.17) is 23.7 Å². The molecule has 15 heteroatoms. The van der Waals surface area contributed by atoms with E-state index in [0.717, 1.165) is 5.57 Å². The van der Waals surface area contributed by atoms with Gasteiger partial charge in [0.05, 0.1) is 30.5 Å². The molecule has 4 aliphatic carbocycles. The van der Waals surface area contributed by atoms with Crippen LogP contribution in [-0.2, 0) is 28.5 Å². The number of aliphatic hydroxyl groups is 9. The molecule has 0 bridgehead atoms. The second kappa shape index (κ2) is 17.0. The molecule has 0 aromatic heterocycles. The Balaban J connectivity index is 1.38. The van der Waals surface area contributed by atoms with Crippen molar-refractivity contribution in [1.29, 1.82) is 0 Å². The van der Waals surface area contributed by atoms with Crippen LogP contribution in [0.15, 0.2) is 11.6 Å². The third-order valence-corrected chi connectivity index (χ3v) is 16.9. The number of allylic oxidation sites excluding steroid dienone is 2. The summed E-state index contributed by atoms with van der Waals surface area (Å²) in [5, 5.41) is 99.6. The van der Waals surface area contributed by atoms with E-state index >= 15 is 0 Å². The minimum atomic E-state index is -1.65. The van der Waals surface area contributed by atoms with Gasteiger partial charge in [0.1, 0.15) is 55.4 Å². The van der Waals surface area contributed by atoms with Crippen molar-refractivity contribution in [2.45, 2.75) is 199 Å². The van der Waals surface area contributed by atoms with Gasteiger partial charge in [-0.2, -0.15) is 0 Å². The van der Waals surface area contributed by atoms with E-state index in [9.17, 15) is 50.8 Å². The molecule has 0 aromatic rings. The third-order valence-electron chi connectivity index (χ3n) is 16.9. The smallest absolute Gasteiger partial charge is 0.302 e. The van der Waals surface area contributed by atoms with Gasteiger partial charge in [-0.3, -0.25) is 4.79 Å². The van der Waals surface area contributed by atoms with Gasteiger partial charge < -0.3 is 69.6 Å². The standard InChI is InChI=1S/C44H74O15/c1-21(2)11-10-14-44(9,59-39-36(54)33(51)31(49)26(19-45)57-39)23-12-16-42(7)30(23)24(47)17-28-41(6)15-13-29(48)40(4,5)37(41)25(18-43(28,42)8)56-38-35(53)34(52)32(50)27(58-38)20-55-22(3)46/h11,23-39,45,47-54H,10,12-20H2,1-9H3/t23-,24+,25-,26+,27-,28+,29-,30-,31+,32-,33-,34+,35-,36+,37-,38-,39-,41+,42+,43+,44-/m0/s1. The van der Waals surface area contributed by atoms with Crippen LogP contribution in [0, 0.1) is 45.3 Å². The zero-order valence-electron chi connectivity index (χ0n) is 36.4. The molecule has 0 spiro atoms. The summed E-state index contributed by atoms with van der Waals surface area (Å²) in [4.78, 5) is 11.7. The molecule has 0 radical (unpaired) electrons. The van der Waals surface area contributed by atoms with E-state index < -0.39 is 120 Å². The first-order valence-electron chi connectivity index (χ1n) is 21.8. The molecule has 2 saturated heterocycles. The predicted molar refractivity (Wildman–Crippen MR) is 212 cm³/mol. The lowest BCUT2D eigenvalue weighted by molar-refractivity contribution is -0.349. The molecule has 0 amide bonds. The van der Waals surface area contributed by atoms with E-state index in [1.807, 2.05) is 34.6 Å². The molecule has 0 unspecified atom stereocenters. The van der Waals surface area contributed by atoms with Gasteiger partial charge in [0, 0.05) is 6.92 Å². The fourth-order valence-electron chi connectivity index (χ4n) is 13.6. The van der Waals surface area contributed by atoms with Gasteiger partial charge in [-0.15, -0.1) is 0 Å². The summed E-state index contributed by atoms with van der Waals surface area (Å²) in [6.45, 7) is 17.1. The van der Waals surface area contributed by atoms with E-state index in [-0.39, 0.29) is 30.3 Å². The van der Waals surface area contributed by atoms with Gasteiger partial charge in [-0.25, -0.2) is 0 Å². The molecular formula is C44H74O15. The van der Waals surface area contributed by atoms with Crippen LogP contribution >= 0.6 is 0 Å². The maximum Gasteiger partial charge on any atom is 0.302 e. The molecule has 340 valence electrons. The molecule has 6 fully saturated rings. The number of esters is 1. The highest BCUT2D eigenvalue weighted by molar-refractivity contribution is 5.65. The van der Waals surface area contributed by atoms with Crippen LogP contribution in [0.1, 0.15) is 114 Å². The zero-order valence-corrected chi connectivity index (χ0v) is 36.4. The number of aliphatic hydroxyl groups excluding tert-OH is 9. The van der Waals surface area contributed by atoms with Crippen molar-refractivity contribution in [3.63, 3.8) is 0 Å². The fourth-order valence-corrected chi connectivity index (χ4v) is 13.6. The van der Waals surface area contributed by atoms with Gasteiger partial charge >= 0.3 is 5.97 Å². The van der Waals surface area contributed by atoms with E-state index in [1.165, 1.54) is 6.92 Å². The molecule has 21 atom stereocenters. The average molecular weight is 843 g/mol. The number of carbonyl (C=O) groups is 1. The van der Waals surface area contributed by atoms with Crippen molar-refractivity contribution in [2.75, 3.05) is 13.2 Å². The Hall–Kier alpha value is -1.31. The molecule has 59 heavy (non-hydrogen) atoms. The lowest BCUT2D eigenvalue weighted by Gasteiger charge is -2.72. The molecular weight excluding hydrogens is 768 g/mol. The predicted octanol–water partition coefficient (Wildman–Crippen LogP) is 1.69. The zero-order chi connectivity index (χ0) is 43.8. The monoisotopic (exact) mass is 843 g/mol. The lowest BCUT2D eigenvalue weighted by atomic mass is 9.34. The highest BCUT2D eigenvalue weighted by Crippen LogP contribution is 2.76. The summed E-state index contributed by atoms with van der Waals surface area (Å²) < 4.78 is 30.8. The van der Waals surface area contributed by atoms with Crippen LogP contribution < -0.4 is 0 Å². The first-order valence-corrected chi connectivity index (χ1v) is 21.8. The molecule has 15 nitrogen and oxygen atoms in total. The van der Waals surface area contributed by atoms with Gasteiger partial charge in [-0.1, -0.05) is 46.3 Å². The third kappa shape index (κ3) is 7.99. The van der Waals surface area contributed by atoms with E-state index in [2.05, 4.69) is 26.8 Å². The summed E-state index contributed by atoms with van der Waals surface area (Å²) in [5.74, 6) is -1.46. The Morgan fingerprint density at radius 1 is 0.797 bits per heavy atom. The Morgan fingerprint density at radius 3 is 2.02 bits per heavy atom. The average Bonchev–Trinajstić information content (AvgIpc) is 3.54. The number of ether oxygens (including phenoxy) is 5. The summed E-state index contributed by atoms with van der Waals surface area (Å²) in [6.07, 6.45) is -9.91. The first kappa shape index (κ1) is 47.2. The Bertz CT molecular complexity index is 1520. The molecule has 2 heterocycles. The highest BCUT2D eigenvalue weighted by atomic mass is 16.7. The van der Waals surface area contributed by atoms with Crippen LogP contribution in [-0.4, -0.2) is 150 Å². The number of fused-ring (bicyclic) bond motifs is 5. The summed E-state index contributed by atoms with van der Waals surface area (Å²) >= 11 is 0. The van der Waals surface area contributed by atoms with Crippen molar-refractivity contribution < 1.29 is 74.4 Å². The maximum absolute atomic E-state index is 12.6. The number of hydrogen-bond acceptors (Lipinski definition) is 15. The van der Waals surface area contributed by atoms with Crippen LogP contribution in [0.3, 0.4) is 0 Å². The minimum Gasteiger partial charge on any atom is -0.463 e. The van der Waals surface area contributed by atoms with Gasteiger partial charge in [0.2, 0.25) is 0 Å². The summed E-state index contributed by atoms with van der Waals surface area (Å²) in [6, 6.07) is 0. The topological polar surface area (TPSA) is 245 Å². The molecule has 6 aliphatic rings. The van der Waals surface area contributed by atoms with Crippen molar-refractivity contribution >= 4 is 5.97 Å². The molecule has 0 aromatic carbocycles. The molecule has 4 saturated carbocycles. The Kier molecular flexibility index (Phi) is 13.6. The minimum absolute atomic E-state index is 0.0220. The van der Waals surface area contributed by atoms with Gasteiger partial charge in [0.25, 0.3) is 0 Å². The van der Waals surface area contributed by atoms with Crippen LogP contribution in [0.25, 0.3) is 0 Å². The summed E-state index contributed by atoms with van der Waals surface area (Å²) in [7, 11) is 0. The van der Waals surface area contributed by atoms with Crippen LogP contribution in [0.5, 0.6) is 0 Å². The van der Waals surface area contributed by atoms with Gasteiger partial charge in [0.15, 0.2) is 12.6 Å². The second-order valence-corrected chi connectivity index (χ2v) is 20.9. The fraction of sp³-hybridized carbons (Fsp3) is 0.932. The molecule has 6 rings (SSSR count). The molecule has 9 N–H and O–H groups in total. The number of rotatable bonds is 11. The van der Waals surface area contributed by atoms with Crippen LogP contribution in [0.4, 0.5) is 0 Å². The van der Waals surface area contributed by atoms with E-state index in [1.54, 1.807) is 0 Å². The van der Waals surface area contributed by atoms with Crippen LogP contribution in [0.2, 0.25) is 0 Å². The van der Waals surface area contributed by atoms with Crippen molar-refractivity contribution in [1.82, 2.24) is 0 Å². The number of hydrogen-bond donors (Lipinski definition) is 9. The maximum atomic E-state index is 12.6. The SMILES string of the molecule is CC(=O)OC[C@@H]1O[C@H](O[C@H]2C[C@]3(C)[C@H](C[C@@H](O)[C@@H]4[C@@H]([C@](C)(CCC=C(C)C)O[C@@H]5O[C@H](CO)[C@@H](O)[C@H](O)[C@H]5O)CC[C@]43C)[C@@]3(C)CC[C@H](O)C(C)(C)[C@H]23)[C@@H](O)[C@H](O)[C@H]1O. The van der Waals surface area contributed by atoms with E-state index in [0.29, 0.717) is 51.4 Å². The van der Waals surface area contributed by atoms with Crippen molar-refractivity contribution in [2.24, 2.45) is 45.3 Å². The highest BCUT2D eigenvalue weighted by Gasteiger charge is 2.74. The first-order chi connectivity index (χ1) is 27.4. The van der Waals surface area contributed by atoms with Crippen molar-refractivity contribution in [3.8, 4) is 0 Å². The lowest BCUT2D eigenvalue weighted by Crippen LogP contribution is -2.71. The molecule has 2 aliphatic heterocycles. The van der Waals surface area contributed by atoms with Crippen molar-refractivity contribution in [3.05, 3.63) is 11.6 Å². The largest absolute Gasteiger partial charge is 0.463 e. The Morgan fingerprint density at radius 2 is 1.41 bits per heavy atom. The Labute approximate surface area is 349 Å². The second-order valence-electron chi connectivity index (χ2n) is 20.9.